The Balaban J connectivity index is 3.77. The summed E-state index contributed by atoms with van der Waals surface area (Å²) >= 11 is 0. The topological polar surface area (TPSA) is 131 Å². The molecule has 1 unspecified atom stereocenters. The zero-order valence-corrected chi connectivity index (χ0v) is 47.5. The molecule has 0 rings (SSSR count). The Kier molecular flexibility index (Phi) is 56.4. The van der Waals surface area contributed by atoms with Crippen LogP contribution in [0.3, 0.4) is 0 Å². The van der Waals surface area contributed by atoms with Crippen molar-refractivity contribution in [2.75, 3.05) is 19.8 Å². The van der Waals surface area contributed by atoms with Gasteiger partial charge in [-0.1, -0.05) is 328 Å². The van der Waals surface area contributed by atoms with E-state index in [0.717, 1.165) is 38.5 Å². The predicted molar refractivity (Wildman–Crippen MR) is 300 cm³/mol. The fraction of sp³-hybridized carbons (Fsp3) is 0.983. The van der Waals surface area contributed by atoms with Crippen LogP contribution in [0.2, 0.25) is 0 Å². The molecule has 69 heavy (non-hydrogen) atoms. The summed E-state index contributed by atoms with van der Waals surface area (Å²) in [6.45, 7) is 4.27. The SMILES string of the molecule is CCCCCCCCCCCCCCCCCCCCCCCCCCCCCCCCCCCCC(=O)N[C@@H](COP(=O)(O)OCCN)[C@H](O)CCCCCCCCCCCCCCCCCC. The van der Waals surface area contributed by atoms with Crippen LogP contribution in [-0.2, 0) is 18.4 Å². The zero-order chi connectivity index (χ0) is 50.2. The molecule has 3 atom stereocenters. The second kappa shape index (κ2) is 56.8. The Morgan fingerprint density at radius 2 is 0.667 bits per heavy atom. The van der Waals surface area contributed by atoms with Gasteiger partial charge in [-0.2, -0.15) is 0 Å². The maximum absolute atomic E-state index is 12.9. The number of rotatable bonds is 60. The second-order valence-electron chi connectivity index (χ2n) is 21.6. The van der Waals surface area contributed by atoms with Gasteiger partial charge < -0.3 is 21.1 Å². The van der Waals surface area contributed by atoms with Crippen molar-refractivity contribution in [1.82, 2.24) is 5.32 Å². The Labute approximate surface area is 431 Å². The molecule has 0 radical (unpaired) electrons. The molecule has 0 aromatic carbocycles. The number of amides is 1. The molecule has 1 amide bonds. The van der Waals surface area contributed by atoms with Crippen molar-refractivity contribution in [2.24, 2.45) is 5.73 Å². The van der Waals surface area contributed by atoms with Gasteiger partial charge in [0.1, 0.15) is 0 Å². The lowest BCUT2D eigenvalue weighted by Gasteiger charge is -2.25. The van der Waals surface area contributed by atoms with E-state index in [-0.39, 0.29) is 25.7 Å². The van der Waals surface area contributed by atoms with Crippen LogP contribution in [0.25, 0.3) is 0 Å². The first-order chi connectivity index (χ1) is 33.9. The standard InChI is InChI=1S/C60H123N2O6P/c1-3-5-7-9-11-13-15-17-19-21-22-23-24-25-26-27-28-29-30-31-32-33-34-35-36-37-38-40-42-44-46-48-50-52-54-60(64)62-58(57-68-69(65,66)67-56-55-61)59(63)53-51-49-47-45-43-41-39-20-18-16-14-12-10-8-6-4-2/h58-59,63H,3-57,61H2,1-2H3,(H,62,64)(H,65,66)/t58-,59+/m0/s1. The van der Waals surface area contributed by atoms with Crippen molar-refractivity contribution in [3.8, 4) is 0 Å². The van der Waals surface area contributed by atoms with Gasteiger partial charge in [0.15, 0.2) is 0 Å². The summed E-state index contributed by atoms with van der Waals surface area (Å²) in [5, 5.41) is 13.9. The van der Waals surface area contributed by atoms with E-state index >= 15 is 0 Å². The highest BCUT2D eigenvalue weighted by atomic mass is 31.2. The summed E-state index contributed by atoms with van der Waals surface area (Å²) in [4.78, 5) is 22.9. The summed E-state index contributed by atoms with van der Waals surface area (Å²) < 4.78 is 22.3. The molecule has 0 saturated heterocycles. The molecular formula is C60H123N2O6P. The minimum atomic E-state index is -4.32. The van der Waals surface area contributed by atoms with Crippen LogP contribution < -0.4 is 11.1 Å². The van der Waals surface area contributed by atoms with Crippen molar-refractivity contribution in [3.05, 3.63) is 0 Å². The number of carbonyl (C=O) groups excluding carboxylic acids is 1. The van der Waals surface area contributed by atoms with E-state index in [2.05, 4.69) is 19.2 Å². The van der Waals surface area contributed by atoms with Gasteiger partial charge in [-0.3, -0.25) is 13.8 Å². The number of unbranched alkanes of at least 4 members (excludes halogenated alkanes) is 48. The summed E-state index contributed by atoms with van der Waals surface area (Å²) in [7, 11) is -4.32. The average Bonchev–Trinajstić information content (AvgIpc) is 3.34. The van der Waals surface area contributed by atoms with Crippen molar-refractivity contribution < 1.29 is 28.4 Å². The van der Waals surface area contributed by atoms with Gasteiger partial charge in [-0.05, 0) is 12.8 Å². The molecule has 5 N–H and O–H groups in total. The molecular weight excluding hydrogens is 876 g/mol. The number of hydrogen-bond donors (Lipinski definition) is 4. The molecule has 9 heteroatoms. The van der Waals surface area contributed by atoms with Gasteiger partial charge in [-0.25, -0.2) is 4.57 Å². The van der Waals surface area contributed by atoms with Crippen LogP contribution in [0.5, 0.6) is 0 Å². The molecule has 414 valence electrons. The van der Waals surface area contributed by atoms with E-state index in [9.17, 15) is 19.4 Å². The minimum absolute atomic E-state index is 0.0930. The largest absolute Gasteiger partial charge is 0.472 e. The molecule has 0 heterocycles. The average molecular weight is 1000 g/mol. The number of phosphoric acid groups is 1. The van der Waals surface area contributed by atoms with Crippen molar-refractivity contribution in [1.29, 1.82) is 0 Å². The number of carbonyl (C=O) groups is 1. The summed E-state index contributed by atoms with van der Waals surface area (Å²) in [5.74, 6) is -0.152. The molecule has 0 aliphatic rings. The lowest BCUT2D eigenvalue weighted by Crippen LogP contribution is -2.46. The molecule has 0 aliphatic carbocycles. The lowest BCUT2D eigenvalue weighted by molar-refractivity contribution is -0.123. The van der Waals surface area contributed by atoms with E-state index in [1.165, 1.54) is 283 Å². The molecule has 0 spiro atoms. The third kappa shape index (κ3) is 55.1. The monoisotopic (exact) mass is 999 g/mol. The fourth-order valence-corrected chi connectivity index (χ4v) is 10.8. The fourth-order valence-electron chi connectivity index (χ4n) is 10.0. The van der Waals surface area contributed by atoms with Crippen LogP contribution >= 0.6 is 7.82 Å². The number of nitrogens with two attached hydrogens (primary N) is 1. The van der Waals surface area contributed by atoms with Crippen molar-refractivity contribution in [2.45, 2.75) is 360 Å². The summed E-state index contributed by atoms with van der Waals surface area (Å²) in [6, 6.07) is -0.770. The first-order valence-corrected chi connectivity index (χ1v) is 32.6. The minimum Gasteiger partial charge on any atom is -0.391 e. The molecule has 0 aliphatic heterocycles. The van der Waals surface area contributed by atoms with Gasteiger partial charge in [0.05, 0.1) is 25.4 Å². The first kappa shape index (κ1) is 68.5. The van der Waals surface area contributed by atoms with E-state index in [1.807, 2.05) is 0 Å². The van der Waals surface area contributed by atoms with Crippen molar-refractivity contribution in [3.63, 3.8) is 0 Å². The highest BCUT2D eigenvalue weighted by Gasteiger charge is 2.27. The Morgan fingerprint density at radius 1 is 0.420 bits per heavy atom. The van der Waals surface area contributed by atoms with Gasteiger partial charge >= 0.3 is 7.82 Å². The van der Waals surface area contributed by atoms with Crippen LogP contribution in [0, 0.1) is 0 Å². The summed E-state index contributed by atoms with van der Waals surface area (Å²) in [5.41, 5.74) is 5.41. The zero-order valence-electron chi connectivity index (χ0n) is 46.6. The Hall–Kier alpha value is -0.500. The van der Waals surface area contributed by atoms with Gasteiger partial charge in [0.25, 0.3) is 0 Å². The molecule has 0 bridgehead atoms. The van der Waals surface area contributed by atoms with Crippen LogP contribution in [-0.4, -0.2) is 47.8 Å². The number of phosphoric ester groups is 1. The first-order valence-electron chi connectivity index (χ1n) is 31.2. The maximum Gasteiger partial charge on any atom is 0.472 e. The smallest absolute Gasteiger partial charge is 0.391 e. The molecule has 0 aromatic heterocycles. The van der Waals surface area contributed by atoms with Crippen molar-refractivity contribution >= 4 is 13.7 Å². The third-order valence-corrected chi connectivity index (χ3v) is 15.7. The molecule has 0 saturated carbocycles. The second-order valence-corrected chi connectivity index (χ2v) is 23.1. The number of aliphatic hydroxyl groups is 1. The quantitative estimate of drug-likeness (QED) is 0.0352. The molecule has 0 fully saturated rings. The number of nitrogens with one attached hydrogen (secondary N) is 1. The van der Waals surface area contributed by atoms with Crippen LogP contribution in [0.15, 0.2) is 0 Å². The van der Waals surface area contributed by atoms with Gasteiger partial charge in [0.2, 0.25) is 5.91 Å². The number of hydrogen-bond acceptors (Lipinski definition) is 6. The molecule has 0 aromatic rings. The van der Waals surface area contributed by atoms with E-state index < -0.39 is 20.0 Å². The van der Waals surface area contributed by atoms with Gasteiger partial charge in [-0.15, -0.1) is 0 Å². The third-order valence-electron chi connectivity index (χ3n) is 14.7. The van der Waals surface area contributed by atoms with E-state index in [1.54, 1.807) is 0 Å². The van der Waals surface area contributed by atoms with Crippen LogP contribution in [0.1, 0.15) is 348 Å². The molecule has 8 nitrogen and oxygen atoms in total. The van der Waals surface area contributed by atoms with Gasteiger partial charge in [0, 0.05) is 13.0 Å². The predicted octanol–water partition coefficient (Wildman–Crippen LogP) is 19.2. The maximum atomic E-state index is 12.9. The lowest BCUT2D eigenvalue weighted by atomic mass is 10.0. The number of aliphatic hydroxyl groups excluding tert-OH is 1. The Morgan fingerprint density at radius 3 is 0.928 bits per heavy atom. The Bertz CT molecular complexity index is 1050. The highest BCUT2D eigenvalue weighted by Crippen LogP contribution is 2.43. The van der Waals surface area contributed by atoms with E-state index in [0.29, 0.717) is 12.8 Å². The normalized spacial score (nSPS) is 13.5. The summed E-state index contributed by atoms with van der Waals surface area (Å²) in [6.07, 6.45) is 67.5. The van der Waals surface area contributed by atoms with E-state index in [4.69, 9.17) is 14.8 Å². The highest BCUT2D eigenvalue weighted by molar-refractivity contribution is 7.47. The van der Waals surface area contributed by atoms with Crippen LogP contribution in [0.4, 0.5) is 0 Å².